The summed E-state index contributed by atoms with van der Waals surface area (Å²) < 4.78 is 38.5. The van der Waals surface area contributed by atoms with Crippen LogP contribution < -0.4 is 10.4 Å². The lowest BCUT2D eigenvalue weighted by Gasteiger charge is -2.20. The molecule has 1 aliphatic heterocycles. The first-order valence-corrected chi connectivity index (χ1v) is 4.74. The second-order valence-electron chi connectivity index (χ2n) is 3.54. The van der Waals surface area contributed by atoms with Gasteiger partial charge in [-0.2, -0.15) is 13.2 Å². The largest absolute Gasteiger partial charge is 0.433 e. The fraction of sp³-hybridized carbons (Fsp3) is 0.556. The summed E-state index contributed by atoms with van der Waals surface area (Å²) in [5.74, 6) is 0.0363. The third kappa shape index (κ3) is 1.66. The maximum Gasteiger partial charge on any atom is 0.433 e. The molecule has 4 nitrogen and oxygen atoms in total. The number of fused-ring (bicyclic) bond motifs is 1. The van der Waals surface area contributed by atoms with Crippen molar-refractivity contribution in [2.45, 2.75) is 25.9 Å². The van der Waals surface area contributed by atoms with E-state index in [9.17, 15) is 18.0 Å². The van der Waals surface area contributed by atoms with Crippen molar-refractivity contribution in [3.8, 4) is 0 Å². The molecule has 1 aromatic heterocycles. The minimum Gasteiger partial charge on any atom is -0.409 e. The van der Waals surface area contributed by atoms with Crippen LogP contribution >= 0.6 is 0 Å². The van der Waals surface area contributed by atoms with Gasteiger partial charge >= 0.3 is 6.18 Å². The molecule has 0 N–H and O–H groups in total. The Kier molecular flexibility index (Phi) is 2.40. The second kappa shape index (κ2) is 3.50. The molecule has 1 aromatic rings. The van der Waals surface area contributed by atoms with Gasteiger partial charge in [-0.25, -0.2) is 4.98 Å². The Bertz CT molecular complexity index is 479. The van der Waals surface area contributed by atoms with E-state index < -0.39 is 23.0 Å². The van der Waals surface area contributed by atoms with Gasteiger partial charge in [0.1, 0.15) is 12.4 Å². The van der Waals surface area contributed by atoms with Crippen LogP contribution in [0.5, 0.6) is 0 Å². The van der Waals surface area contributed by atoms with Crippen LogP contribution in [-0.4, -0.2) is 16.3 Å². The number of hydrogen-bond acceptors (Lipinski definition) is 3. The molecule has 0 bridgehead atoms. The minimum atomic E-state index is -4.60. The Morgan fingerprint density at radius 3 is 2.75 bits per heavy atom. The highest BCUT2D eigenvalue weighted by Gasteiger charge is 2.37. The quantitative estimate of drug-likeness (QED) is 0.671. The first-order valence-electron chi connectivity index (χ1n) is 4.74. The fourth-order valence-corrected chi connectivity index (χ4v) is 1.58. The van der Waals surface area contributed by atoms with Crippen LogP contribution in [0.25, 0.3) is 0 Å². The molecule has 16 heavy (non-hydrogen) atoms. The van der Waals surface area contributed by atoms with Crippen molar-refractivity contribution in [2.24, 2.45) is 0 Å². The van der Waals surface area contributed by atoms with Crippen LogP contribution in [0.1, 0.15) is 23.5 Å². The zero-order valence-electron chi connectivity index (χ0n) is 8.47. The average Bonchev–Trinajstić information content (AvgIpc) is 2.22. The topological polar surface area (TPSA) is 44.1 Å². The van der Waals surface area contributed by atoms with E-state index in [0.717, 1.165) is 11.7 Å². The SMILES string of the molecule is Cc1c(C(F)(F)F)nc2n(c1=O)OCCC2. The lowest BCUT2D eigenvalue weighted by atomic mass is 10.2. The highest BCUT2D eigenvalue weighted by atomic mass is 19.4. The summed E-state index contributed by atoms with van der Waals surface area (Å²) in [6, 6.07) is 0. The Balaban J connectivity index is 2.67. The molecule has 1 aliphatic rings. The Morgan fingerprint density at radius 1 is 1.44 bits per heavy atom. The van der Waals surface area contributed by atoms with E-state index in [1.54, 1.807) is 0 Å². The van der Waals surface area contributed by atoms with Crippen molar-refractivity contribution >= 4 is 0 Å². The normalized spacial score (nSPS) is 15.5. The Hall–Kier alpha value is -1.53. The van der Waals surface area contributed by atoms with E-state index in [1.807, 2.05) is 0 Å². The summed E-state index contributed by atoms with van der Waals surface area (Å²) in [7, 11) is 0. The molecule has 7 heteroatoms. The highest BCUT2D eigenvalue weighted by molar-refractivity contribution is 5.20. The predicted octanol–water partition coefficient (Wildman–Crippen LogP) is 0.945. The number of hydrogen-bond donors (Lipinski definition) is 0. The molecule has 2 rings (SSSR count). The molecular weight excluding hydrogens is 225 g/mol. The van der Waals surface area contributed by atoms with E-state index in [1.165, 1.54) is 0 Å². The van der Waals surface area contributed by atoms with Crippen LogP contribution in [0.4, 0.5) is 13.2 Å². The monoisotopic (exact) mass is 234 g/mol. The Morgan fingerprint density at radius 2 is 2.12 bits per heavy atom. The zero-order chi connectivity index (χ0) is 11.9. The summed E-state index contributed by atoms with van der Waals surface area (Å²) in [5, 5.41) is 0. The standard InChI is InChI=1S/C9H9F3N2O2/c1-5-7(9(10,11)12)13-6-3-2-4-16-14(6)8(5)15/h2-4H2,1H3. The van der Waals surface area contributed by atoms with Gasteiger partial charge in [0.25, 0.3) is 5.56 Å². The van der Waals surface area contributed by atoms with Gasteiger partial charge in [-0.1, -0.05) is 0 Å². The summed E-state index contributed by atoms with van der Waals surface area (Å²) >= 11 is 0. The molecule has 0 aliphatic carbocycles. The number of rotatable bonds is 0. The van der Waals surface area contributed by atoms with Crippen molar-refractivity contribution in [2.75, 3.05) is 6.61 Å². The number of nitrogens with zero attached hydrogens (tertiary/aromatic N) is 2. The molecule has 0 saturated heterocycles. The minimum absolute atomic E-state index is 0.0363. The van der Waals surface area contributed by atoms with Crippen LogP contribution in [-0.2, 0) is 12.6 Å². The van der Waals surface area contributed by atoms with Crippen molar-refractivity contribution in [3.63, 3.8) is 0 Å². The molecule has 0 amide bonds. The predicted molar refractivity (Wildman–Crippen MR) is 48.0 cm³/mol. The van der Waals surface area contributed by atoms with Crippen LogP contribution in [0.3, 0.4) is 0 Å². The molecule has 0 spiro atoms. The summed E-state index contributed by atoms with van der Waals surface area (Å²) in [6.45, 7) is 1.42. The molecule has 0 saturated carbocycles. The van der Waals surface area contributed by atoms with E-state index in [2.05, 4.69) is 4.98 Å². The molecule has 0 unspecified atom stereocenters. The van der Waals surface area contributed by atoms with Gasteiger partial charge in [-0.05, 0) is 13.3 Å². The van der Waals surface area contributed by atoms with E-state index in [-0.39, 0.29) is 5.82 Å². The second-order valence-corrected chi connectivity index (χ2v) is 3.54. The van der Waals surface area contributed by atoms with Crippen LogP contribution in [0.15, 0.2) is 4.79 Å². The first kappa shape index (κ1) is 11.0. The fourth-order valence-electron chi connectivity index (χ4n) is 1.58. The molecular formula is C9H9F3N2O2. The van der Waals surface area contributed by atoms with E-state index in [0.29, 0.717) is 19.4 Å². The van der Waals surface area contributed by atoms with Gasteiger partial charge in [0, 0.05) is 12.0 Å². The zero-order valence-corrected chi connectivity index (χ0v) is 8.47. The summed E-state index contributed by atoms with van der Waals surface area (Å²) in [5.41, 5.74) is -2.33. The molecule has 0 radical (unpaired) electrons. The smallest absolute Gasteiger partial charge is 0.409 e. The molecule has 0 atom stereocenters. The van der Waals surface area contributed by atoms with Gasteiger partial charge < -0.3 is 4.84 Å². The third-order valence-corrected chi connectivity index (χ3v) is 2.37. The summed E-state index contributed by atoms with van der Waals surface area (Å²) in [6.07, 6.45) is -3.72. The van der Waals surface area contributed by atoms with Crippen LogP contribution in [0, 0.1) is 6.92 Å². The lowest BCUT2D eigenvalue weighted by molar-refractivity contribution is -0.142. The van der Waals surface area contributed by atoms with Gasteiger partial charge in [-0.3, -0.25) is 4.79 Å². The van der Waals surface area contributed by atoms with Crippen molar-refractivity contribution in [1.29, 1.82) is 0 Å². The number of alkyl halides is 3. The maximum absolute atomic E-state index is 12.5. The van der Waals surface area contributed by atoms with Gasteiger partial charge in [0.05, 0.1) is 0 Å². The first-order chi connectivity index (χ1) is 7.41. The molecule has 0 fully saturated rings. The van der Waals surface area contributed by atoms with Crippen LogP contribution in [0.2, 0.25) is 0 Å². The van der Waals surface area contributed by atoms with E-state index in [4.69, 9.17) is 4.84 Å². The van der Waals surface area contributed by atoms with E-state index >= 15 is 0 Å². The van der Waals surface area contributed by atoms with Crippen molar-refractivity contribution < 1.29 is 18.0 Å². The summed E-state index contributed by atoms with van der Waals surface area (Å²) in [4.78, 5) is 20.0. The van der Waals surface area contributed by atoms with Gasteiger partial charge in [0.15, 0.2) is 5.69 Å². The van der Waals surface area contributed by atoms with Crippen molar-refractivity contribution in [3.05, 3.63) is 27.4 Å². The van der Waals surface area contributed by atoms with Gasteiger partial charge in [0.2, 0.25) is 0 Å². The Labute approximate surface area is 88.6 Å². The van der Waals surface area contributed by atoms with Gasteiger partial charge in [-0.15, -0.1) is 4.73 Å². The van der Waals surface area contributed by atoms with Crippen molar-refractivity contribution in [1.82, 2.24) is 9.71 Å². The third-order valence-electron chi connectivity index (χ3n) is 2.37. The average molecular weight is 234 g/mol. The number of halogens is 3. The lowest BCUT2D eigenvalue weighted by Crippen LogP contribution is -2.38. The highest BCUT2D eigenvalue weighted by Crippen LogP contribution is 2.29. The molecule has 0 aromatic carbocycles. The molecule has 88 valence electrons. The maximum atomic E-state index is 12.5. The number of aromatic nitrogens is 2. The molecule has 2 heterocycles. The number of aryl methyl sites for hydroxylation is 1.